The summed E-state index contributed by atoms with van der Waals surface area (Å²) in [6, 6.07) is 9.43. The summed E-state index contributed by atoms with van der Waals surface area (Å²) in [4.78, 5) is 14.5. The number of fused-ring (bicyclic) bond motifs is 1. The first-order valence-corrected chi connectivity index (χ1v) is 6.39. The van der Waals surface area contributed by atoms with Gasteiger partial charge >= 0.3 is 0 Å². The van der Waals surface area contributed by atoms with E-state index in [0.717, 1.165) is 0 Å². The highest BCUT2D eigenvalue weighted by Crippen LogP contribution is 2.35. The molecule has 0 fully saturated rings. The molecule has 0 aromatic heterocycles. The summed E-state index contributed by atoms with van der Waals surface area (Å²) in [5.74, 6) is 1.29. The third-order valence-corrected chi connectivity index (χ3v) is 3.24. The summed E-state index contributed by atoms with van der Waals surface area (Å²) in [7, 11) is 0. The molecule has 0 spiro atoms. The van der Waals surface area contributed by atoms with E-state index < -0.39 is 4.92 Å². The van der Waals surface area contributed by atoms with Gasteiger partial charge in [-0.25, -0.2) is 0 Å². The van der Waals surface area contributed by atoms with Crippen molar-refractivity contribution < 1.29 is 14.4 Å². The Morgan fingerprint density at radius 2 is 2.00 bits per heavy atom. The second-order valence-electron chi connectivity index (χ2n) is 4.26. The number of rotatable bonds is 3. The lowest BCUT2D eigenvalue weighted by molar-refractivity contribution is -0.384. The Labute approximate surface area is 124 Å². The number of ether oxygens (including phenoxy) is 2. The number of nitro groups is 1. The monoisotopic (exact) mass is 304 g/mol. The van der Waals surface area contributed by atoms with Gasteiger partial charge in [0.15, 0.2) is 11.5 Å². The molecule has 0 atom stereocenters. The molecular formula is C14H9ClN2O4. The highest BCUT2D eigenvalue weighted by Gasteiger charge is 2.13. The number of non-ortho nitro benzene ring substituents is 1. The van der Waals surface area contributed by atoms with Crippen molar-refractivity contribution in [3.8, 4) is 11.5 Å². The quantitative estimate of drug-likeness (QED) is 0.492. The smallest absolute Gasteiger partial charge is 0.270 e. The van der Waals surface area contributed by atoms with Crippen molar-refractivity contribution in [3.05, 3.63) is 57.1 Å². The van der Waals surface area contributed by atoms with E-state index in [1.807, 2.05) is 0 Å². The lowest BCUT2D eigenvalue weighted by Crippen LogP contribution is -1.92. The standard InChI is InChI=1S/C14H9ClN2O4/c15-12-3-2-11(17(18)19)5-9(12)7-16-10-1-4-13-14(6-10)21-8-20-13/h1-7H,8H2. The van der Waals surface area contributed by atoms with Crippen LogP contribution in [0.15, 0.2) is 41.4 Å². The fraction of sp³-hybridized carbons (Fsp3) is 0.0714. The third kappa shape index (κ3) is 2.80. The molecule has 2 aromatic carbocycles. The van der Waals surface area contributed by atoms with Crippen molar-refractivity contribution >= 4 is 29.2 Å². The number of hydrogen-bond acceptors (Lipinski definition) is 5. The van der Waals surface area contributed by atoms with Gasteiger partial charge in [-0.3, -0.25) is 15.1 Å². The number of halogens is 1. The molecule has 106 valence electrons. The maximum absolute atomic E-state index is 10.8. The third-order valence-electron chi connectivity index (χ3n) is 2.90. The van der Waals surface area contributed by atoms with Crippen LogP contribution < -0.4 is 9.47 Å². The van der Waals surface area contributed by atoms with E-state index in [1.54, 1.807) is 18.2 Å². The molecule has 3 rings (SSSR count). The topological polar surface area (TPSA) is 74.0 Å². The Hall–Kier alpha value is -2.60. The maximum atomic E-state index is 10.8. The summed E-state index contributed by atoms with van der Waals surface area (Å²) < 4.78 is 10.5. The van der Waals surface area contributed by atoms with Gasteiger partial charge in [-0.1, -0.05) is 11.6 Å². The van der Waals surface area contributed by atoms with Crippen LogP contribution in [-0.2, 0) is 0 Å². The van der Waals surface area contributed by atoms with Crippen molar-refractivity contribution in [3.63, 3.8) is 0 Å². The van der Waals surface area contributed by atoms with Crippen LogP contribution in [0.3, 0.4) is 0 Å². The highest BCUT2D eigenvalue weighted by atomic mass is 35.5. The minimum atomic E-state index is -0.478. The Bertz CT molecular complexity index is 746. The molecule has 1 aliphatic rings. The van der Waals surface area contributed by atoms with Gasteiger partial charge in [0, 0.05) is 35.0 Å². The summed E-state index contributed by atoms with van der Waals surface area (Å²) in [6.45, 7) is 0.194. The van der Waals surface area contributed by atoms with Crippen LogP contribution >= 0.6 is 11.6 Å². The minimum absolute atomic E-state index is 0.0356. The largest absolute Gasteiger partial charge is 0.454 e. The van der Waals surface area contributed by atoms with Crippen LogP contribution in [0.25, 0.3) is 0 Å². The molecule has 0 bridgehead atoms. The average Bonchev–Trinajstić information content (AvgIpc) is 2.93. The van der Waals surface area contributed by atoms with Gasteiger partial charge in [-0.05, 0) is 18.2 Å². The fourth-order valence-corrected chi connectivity index (χ4v) is 2.02. The van der Waals surface area contributed by atoms with E-state index in [-0.39, 0.29) is 12.5 Å². The zero-order chi connectivity index (χ0) is 14.8. The fourth-order valence-electron chi connectivity index (χ4n) is 1.85. The van der Waals surface area contributed by atoms with Crippen molar-refractivity contribution in [2.24, 2.45) is 4.99 Å². The molecule has 0 amide bonds. The molecule has 0 radical (unpaired) electrons. The molecule has 7 heteroatoms. The molecule has 0 saturated heterocycles. The summed E-state index contributed by atoms with van der Waals surface area (Å²) in [6.07, 6.45) is 1.48. The van der Waals surface area contributed by atoms with Crippen LogP contribution in [0.2, 0.25) is 5.02 Å². The number of hydrogen-bond donors (Lipinski definition) is 0. The minimum Gasteiger partial charge on any atom is -0.454 e. The first kappa shape index (κ1) is 13.4. The first-order chi connectivity index (χ1) is 10.1. The molecule has 0 N–H and O–H groups in total. The van der Waals surface area contributed by atoms with Crippen molar-refractivity contribution in [1.29, 1.82) is 0 Å². The van der Waals surface area contributed by atoms with E-state index in [0.29, 0.717) is 27.8 Å². The van der Waals surface area contributed by atoms with E-state index in [2.05, 4.69) is 4.99 Å². The summed E-state index contributed by atoms with van der Waals surface area (Å²) in [5.41, 5.74) is 1.08. The number of aliphatic imine (C=N–C) groups is 1. The van der Waals surface area contributed by atoms with E-state index >= 15 is 0 Å². The number of nitro benzene ring substituents is 1. The Morgan fingerprint density at radius 1 is 1.19 bits per heavy atom. The van der Waals surface area contributed by atoms with Gasteiger partial charge in [0.05, 0.1) is 10.6 Å². The second kappa shape index (κ2) is 5.41. The molecule has 6 nitrogen and oxygen atoms in total. The molecule has 0 aliphatic carbocycles. The Kier molecular flexibility index (Phi) is 3.45. The number of nitrogens with zero attached hydrogens (tertiary/aromatic N) is 2. The highest BCUT2D eigenvalue weighted by molar-refractivity contribution is 6.33. The van der Waals surface area contributed by atoms with Crippen molar-refractivity contribution in [1.82, 2.24) is 0 Å². The van der Waals surface area contributed by atoms with Gasteiger partial charge in [0.2, 0.25) is 6.79 Å². The number of benzene rings is 2. The Morgan fingerprint density at radius 3 is 2.81 bits per heavy atom. The van der Waals surface area contributed by atoms with Crippen LogP contribution in [-0.4, -0.2) is 17.9 Å². The first-order valence-electron chi connectivity index (χ1n) is 6.01. The molecule has 0 saturated carbocycles. The summed E-state index contributed by atoms with van der Waals surface area (Å²) >= 11 is 6.00. The van der Waals surface area contributed by atoms with Crippen molar-refractivity contribution in [2.75, 3.05) is 6.79 Å². The van der Waals surface area contributed by atoms with Gasteiger partial charge in [-0.15, -0.1) is 0 Å². The zero-order valence-corrected chi connectivity index (χ0v) is 11.4. The predicted octanol–water partition coefficient (Wildman–Crippen LogP) is 3.73. The average molecular weight is 305 g/mol. The lowest BCUT2D eigenvalue weighted by atomic mass is 10.2. The Balaban J connectivity index is 1.89. The molecule has 21 heavy (non-hydrogen) atoms. The van der Waals surface area contributed by atoms with Gasteiger partial charge in [-0.2, -0.15) is 0 Å². The van der Waals surface area contributed by atoms with E-state index in [9.17, 15) is 10.1 Å². The summed E-state index contributed by atoms with van der Waals surface area (Å²) in [5, 5.41) is 11.1. The molecule has 2 aromatic rings. The van der Waals surface area contributed by atoms with E-state index in [1.165, 1.54) is 24.4 Å². The van der Waals surface area contributed by atoms with Crippen molar-refractivity contribution in [2.45, 2.75) is 0 Å². The normalized spacial score (nSPS) is 12.8. The predicted molar refractivity (Wildman–Crippen MR) is 77.9 cm³/mol. The zero-order valence-electron chi connectivity index (χ0n) is 10.7. The lowest BCUT2D eigenvalue weighted by Gasteiger charge is -1.99. The van der Waals surface area contributed by atoms with Gasteiger partial charge in [0.1, 0.15) is 0 Å². The second-order valence-corrected chi connectivity index (χ2v) is 4.67. The van der Waals surface area contributed by atoms with Crippen LogP contribution in [0.4, 0.5) is 11.4 Å². The molecule has 1 aliphatic heterocycles. The van der Waals surface area contributed by atoms with Crippen LogP contribution in [0, 0.1) is 10.1 Å². The maximum Gasteiger partial charge on any atom is 0.270 e. The van der Waals surface area contributed by atoms with Gasteiger partial charge in [0.25, 0.3) is 5.69 Å². The van der Waals surface area contributed by atoms with Gasteiger partial charge < -0.3 is 9.47 Å². The van der Waals surface area contributed by atoms with Crippen LogP contribution in [0.5, 0.6) is 11.5 Å². The van der Waals surface area contributed by atoms with E-state index in [4.69, 9.17) is 21.1 Å². The molecular weight excluding hydrogens is 296 g/mol. The molecule has 1 heterocycles. The van der Waals surface area contributed by atoms with Crippen LogP contribution in [0.1, 0.15) is 5.56 Å². The molecule has 0 unspecified atom stereocenters. The SMILES string of the molecule is O=[N+]([O-])c1ccc(Cl)c(C=Nc2ccc3c(c2)OCO3)c1.